The van der Waals surface area contributed by atoms with E-state index >= 15 is 0 Å². The van der Waals surface area contributed by atoms with Crippen LogP contribution >= 0.6 is 0 Å². The fourth-order valence-electron chi connectivity index (χ4n) is 5.47. The van der Waals surface area contributed by atoms with Crippen molar-refractivity contribution in [3.63, 3.8) is 0 Å². The molecule has 0 unspecified atom stereocenters. The molecule has 0 saturated carbocycles. The second-order valence-electron chi connectivity index (χ2n) is 10.9. The van der Waals surface area contributed by atoms with Crippen molar-refractivity contribution in [2.75, 3.05) is 44.7 Å². The number of aryl methyl sites for hydroxylation is 1. The lowest BCUT2D eigenvalue weighted by molar-refractivity contribution is -0.121. The maximum atomic E-state index is 12.4. The number of nitrogens with zero attached hydrogens (tertiary/aromatic N) is 3. The molecule has 1 aromatic carbocycles. The average Bonchev–Trinajstić information content (AvgIpc) is 2.96. The number of carbonyl (C=O) groups excluding carboxylic acids is 2. The second kappa shape index (κ2) is 14.2. The van der Waals surface area contributed by atoms with Crippen LogP contribution in [0, 0.1) is 6.92 Å². The number of benzene rings is 2. The molecule has 0 aromatic heterocycles. The van der Waals surface area contributed by atoms with Crippen molar-refractivity contribution in [1.29, 1.82) is 0 Å². The molecule has 4 aliphatic rings. The number of nitrogens with one attached hydrogen (secondary N) is 2. The van der Waals surface area contributed by atoms with Crippen molar-refractivity contribution < 1.29 is 23.5 Å². The first-order valence-electron chi connectivity index (χ1n) is 15.1. The molecule has 0 bridgehead atoms. The minimum Gasteiger partial charge on any atom is -0.489 e. The van der Waals surface area contributed by atoms with Gasteiger partial charge in [-0.1, -0.05) is 12.2 Å². The Bertz CT molecular complexity index is 1470. The molecule has 0 spiro atoms. The molecule has 0 saturated heterocycles. The molecule has 0 fully saturated rings. The third kappa shape index (κ3) is 7.60. The van der Waals surface area contributed by atoms with Gasteiger partial charge in [-0.25, -0.2) is 9.78 Å². The van der Waals surface area contributed by atoms with Crippen LogP contribution in [0.25, 0.3) is 22.6 Å². The van der Waals surface area contributed by atoms with E-state index in [0.29, 0.717) is 50.3 Å². The van der Waals surface area contributed by atoms with Crippen molar-refractivity contribution in [1.82, 2.24) is 15.6 Å². The zero-order valence-corrected chi connectivity index (χ0v) is 24.6. The molecule has 2 heterocycles. The van der Waals surface area contributed by atoms with Crippen LogP contribution in [0.5, 0.6) is 5.75 Å². The molecular formula is C32H41N5O5. The second-order valence-corrected chi connectivity index (χ2v) is 10.9. The predicted molar refractivity (Wildman–Crippen MR) is 162 cm³/mol. The van der Waals surface area contributed by atoms with Crippen molar-refractivity contribution in [2.24, 2.45) is 4.99 Å². The lowest BCUT2D eigenvalue weighted by atomic mass is 10.0. The largest absolute Gasteiger partial charge is 0.489 e. The van der Waals surface area contributed by atoms with E-state index in [1.54, 1.807) is 7.05 Å². The quantitative estimate of drug-likeness (QED) is 0.212. The molecule has 2 aliphatic carbocycles. The molecule has 10 heteroatoms. The molecule has 2 aliphatic heterocycles. The van der Waals surface area contributed by atoms with Crippen LogP contribution in [-0.4, -0.2) is 62.9 Å². The zero-order valence-electron chi connectivity index (χ0n) is 24.6. The summed E-state index contributed by atoms with van der Waals surface area (Å²) in [6, 6.07) is 7.81. The SMILES string of the molecule is CN=c1cc2oc3cc4c(cc3nc-2cc1C)OCCN4CCCC(=O)NCCCNC(=O)O[C@H]1CC/C=C/CCC1. The Hall–Kier alpha value is -4.08. The van der Waals surface area contributed by atoms with Crippen LogP contribution in [0.2, 0.25) is 0 Å². The average molecular weight is 576 g/mol. The molecule has 224 valence electrons. The van der Waals surface area contributed by atoms with Gasteiger partial charge in [-0.2, -0.15) is 0 Å². The van der Waals surface area contributed by atoms with Gasteiger partial charge in [-0.3, -0.25) is 9.79 Å². The van der Waals surface area contributed by atoms with Gasteiger partial charge < -0.3 is 29.4 Å². The zero-order chi connectivity index (χ0) is 29.3. The van der Waals surface area contributed by atoms with Gasteiger partial charge in [0.15, 0.2) is 11.3 Å². The number of ether oxygens (including phenoxy) is 2. The van der Waals surface area contributed by atoms with Crippen LogP contribution in [0.4, 0.5) is 10.5 Å². The van der Waals surface area contributed by atoms with Crippen LogP contribution in [0.15, 0.2) is 45.8 Å². The molecule has 42 heavy (non-hydrogen) atoms. The highest BCUT2D eigenvalue weighted by molar-refractivity contribution is 5.84. The maximum absolute atomic E-state index is 12.4. The molecule has 5 rings (SSSR count). The van der Waals surface area contributed by atoms with Gasteiger partial charge in [0.05, 0.1) is 17.6 Å². The number of amides is 2. The highest BCUT2D eigenvalue weighted by atomic mass is 16.6. The number of carbonyl (C=O) groups is 2. The Morgan fingerprint density at radius 1 is 1.10 bits per heavy atom. The molecule has 2 amide bonds. The van der Waals surface area contributed by atoms with Crippen LogP contribution < -0.4 is 25.6 Å². The summed E-state index contributed by atoms with van der Waals surface area (Å²) in [5.41, 5.74) is 4.19. The van der Waals surface area contributed by atoms with E-state index in [9.17, 15) is 9.59 Å². The predicted octanol–water partition coefficient (Wildman–Crippen LogP) is 4.87. The van der Waals surface area contributed by atoms with Crippen molar-refractivity contribution >= 4 is 28.8 Å². The Morgan fingerprint density at radius 3 is 2.83 bits per heavy atom. The fraction of sp³-hybridized carbons (Fsp3) is 0.500. The van der Waals surface area contributed by atoms with Gasteiger partial charge in [0.2, 0.25) is 5.91 Å². The number of aromatic nitrogens is 1. The lowest BCUT2D eigenvalue weighted by Crippen LogP contribution is -2.34. The Morgan fingerprint density at radius 2 is 1.95 bits per heavy atom. The molecular weight excluding hydrogens is 534 g/mol. The van der Waals surface area contributed by atoms with Gasteiger partial charge in [0, 0.05) is 51.3 Å². The number of alkyl carbamates (subject to hydrolysis) is 1. The van der Waals surface area contributed by atoms with E-state index in [1.165, 1.54) is 0 Å². The van der Waals surface area contributed by atoms with Gasteiger partial charge in [-0.05, 0) is 63.5 Å². The summed E-state index contributed by atoms with van der Waals surface area (Å²) in [6.07, 6.45) is 10.5. The minimum absolute atomic E-state index is 0.00486. The van der Waals surface area contributed by atoms with Crippen LogP contribution in [-0.2, 0) is 9.53 Å². The Labute approximate surface area is 246 Å². The number of hydrogen-bond donors (Lipinski definition) is 2. The number of allylic oxidation sites excluding steroid dienone is 2. The summed E-state index contributed by atoms with van der Waals surface area (Å²) in [7, 11) is 1.77. The van der Waals surface area contributed by atoms with Crippen molar-refractivity contribution in [2.45, 2.75) is 64.4 Å². The number of anilines is 1. The summed E-state index contributed by atoms with van der Waals surface area (Å²) in [4.78, 5) is 35.9. The highest BCUT2D eigenvalue weighted by Crippen LogP contribution is 2.37. The Kier molecular flexibility index (Phi) is 9.94. The molecule has 0 radical (unpaired) electrons. The topological polar surface area (TPSA) is 118 Å². The van der Waals surface area contributed by atoms with E-state index in [1.807, 2.05) is 31.2 Å². The van der Waals surface area contributed by atoms with E-state index in [2.05, 4.69) is 32.7 Å². The van der Waals surface area contributed by atoms with E-state index < -0.39 is 0 Å². The minimum atomic E-state index is -0.373. The van der Waals surface area contributed by atoms with E-state index in [4.69, 9.17) is 18.9 Å². The van der Waals surface area contributed by atoms with E-state index in [-0.39, 0.29) is 18.1 Å². The number of hydrogen-bond acceptors (Lipinski definition) is 8. The van der Waals surface area contributed by atoms with Crippen molar-refractivity contribution in [3.05, 3.63) is 47.3 Å². The lowest BCUT2D eigenvalue weighted by Gasteiger charge is -2.31. The van der Waals surface area contributed by atoms with Gasteiger partial charge in [-0.15, -0.1) is 0 Å². The summed E-state index contributed by atoms with van der Waals surface area (Å²) in [5, 5.41) is 6.63. The molecule has 10 nitrogen and oxygen atoms in total. The van der Waals surface area contributed by atoms with Gasteiger partial charge in [0.25, 0.3) is 0 Å². The third-order valence-electron chi connectivity index (χ3n) is 7.75. The monoisotopic (exact) mass is 575 g/mol. The summed E-state index contributed by atoms with van der Waals surface area (Å²) in [6.45, 7) is 5.01. The summed E-state index contributed by atoms with van der Waals surface area (Å²) in [5.74, 6) is 1.47. The van der Waals surface area contributed by atoms with Crippen LogP contribution in [0.1, 0.15) is 56.9 Å². The molecule has 1 atom stereocenters. The normalized spacial score (nSPS) is 18.1. The standard InChI is InChI=1S/C32H41N5O5/c1-22-18-25-28(19-24(22)33-2)42-29-21-27-30(20-26(29)36-25)40-17-16-37(27)15-8-12-31(38)34-13-9-14-35-32(39)41-23-10-6-4-3-5-7-11-23/h3-4,18-21,23H,5-17H2,1-2H3,(H,34,38)(H,35,39)/b4-3+,33-24?/t23-/m0/s1. The Balaban J connectivity index is 1.06. The molecule has 2 N–H and O–H groups in total. The summed E-state index contributed by atoms with van der Waals surface area (Å²) >= 11 is 0. The fourth-order valence-corrected chi connectivity index (χ4v) is 5.47. The first-order valence-corrected chi connectivity index (χ1v) is 15.1. The van der Waals surface area contributed by atoms with Crippen LogP contribution in [0.3, 0.4) is 0 Å². The number of rotatable bonds is 9. The number of fused-ring (bicyclic) bond motifs is 3. The first-order chi connectivity index (χ1) is 20.5. The smallest absolute Gasteiger partial charge is 0.407 e. The van der Waals surface area contributed by atoms with E-state index in [0.717, 1.165) is 78.8 Å². The van der Waals surface area contributed by atoms with Crippen molar-refractivity contribution in [3.8, 4) is 17.2 Å². The maximum Gasteiger partial charge on any atom is 0.407 e. The highest BCUT2D eigenvalue weighted by Gasteiger charge is 2.21. The summed E-state index contributed by atoms with van der Waals surface area (Å²) < 4.78 is 17.7. The van der Waals surface area contributed by atoms with Gasteiger partial charge in [0.1, 0.15) is 29.7 Å². The first kappa shape index (κ1) is 29.4. The molecule has 1 aromatic rings. The van der Waals surface area contributed by atoms with Gasteiger partial charge >= 0.3 is 6.09 Å². The third-order valence-corrected chi connectivity index (χ3v) is 7.75.